The van der Waals surface area contributed by atoms with Crippen molar-refractivity contribution in [2.45, 2.75) is 32.3 Å². The van der Waals surface area contributed by atoms with Crippen molar-refractivity contribution < 1.29 is 9.84 Å². The second-order valence-electron chi connectivity index (χ2n) is 4.29. The van der Waals surface area contributed by atoms with Crippen LogP contribution < -0.4 is 10.5 Å². The number of phenolic OH excluding ortho intramolecular Hbond substituents is 1. The van der Waals surface area contributed by atoms with Gasteiger partial charge in [-0.25, -0.2) is 0 Å². The molecule has 1 aliphatic rings. The lowest BCUT2D eigenvalue weighted by Crippen LogP contribution is -2.09. The van der Waals surface area contributed by atoms with Crippen LogP contribution in [0.1, 0.15) is 30.9 Å². The fourth-order valence-electron chi connectivity index (χ4n) is 1.99. The van der Waals surface area contributed by atoms with Gasteiger partial charge in [0.2, 0.25) is 0 Å². The zero-order valence-electron chi connectivity index (χ0n) is 9.16. The van der Waals surface area contributed by atoms with Gasteiger partial charge in [0.15, 0.2) is 0 Å². The first kappa shape index (κ1) is 10.3. The van der Waals surface area contributed by atoms with Crippen molar-refractivity contribution in [1.29, 1.82) is 0 Å². The van der Waals surface area contributed by atoms with Gasteiger partial charge in [-0.3, -0.25) is 0 Å². The quantitative estimate of drug-likeness (QED) is 0.777. The first-order valence-corrected chi connectivity index (χ1v) is 5.34. The summed E-state index contributed by atoms with van der Waals surface area (Å²) in [6, 6.07) is 3.73. The van der Waals surface area contributed by atoms with E-state index in [4.69, 9.17) is 10.5 Å². The Bertz CT molecular complexity index is 376. The molecule has 0 spiro atoms. The van der Waals surface area contributed by atoms with Crippen molar-refractivity contribution >= 4 is 0 Å². The minimum absolute atomic E-state index is 0.186. The van der Waals surface area contributed by atoms with Crippen LogP contribution in [0.15, 0.2) is 12.1 Å². The highest BCUT2D eigenvalue weighted by Crippen LogP contribution is 2.37. The number of benzene rings is 1. The zero-order chi connectivity index (χ0) is 11.0. The lowest BCUT2D eigenvalue weighted by Gasteiger charge is -2.12. The van der Waals surface area contributed by atoms with Gasteiger partial charge in [0.25, 0.3) is 0 Å². The van der Waals surface area contributed by atoms with Crippen LogP contribution in [0, 0.1) is 0 Å². The van der Waals surface area contributed by atoms with Crippen molar-refractivity contribution in [3.63, 3.8) is 0 Å². The molecule has 2 rings (SSSR count). The largest absolute Gasteiger partial charge is 0.508 e. The van der Waals surface area contributed by atoms with Crippen LogP contribution in [0.2, 0.25) is 0 Å². The van der Waals surface area contributed by atoms with E-state index < -0.39 is 0 Å². The Balaban J connectivity index is 2.39. The van der Waals surface area contributed by atoms with Crippen LogP contribution in [-0.2, 0) is 6.42 Å². The minimum Gasteiger partial charge on any atom is -0.508 e. The summed E-state index contributed by atoms with van der Waals surface area (Å²) >= 11 is 0. The number of phenols is 1. The topological polar surface area (TPSA) is 55.5 Å². The van der Waals surface area contributed by atoms with Crippen LogP contribution in [0.4, 0.5) is 0 Å². The average molecular weight is 207 g/mol. The predicted molar refractivity (Wildman–Crippen MR) is 59.4 cm³/mol. The summed E-state index contributed by atoms with van der Waals surface area (Å²) in [5, 5.41) is 9.83. The number of rotatable bonds is 2. The first-order chi connectivity index (χ1) is 7.11. The maximum absolute atomic E-state index is 9.83. The number of ether oxygens (including phenoxy) is 1. The third-order valence-electron chi connectivity index (χ3n) is 2.93. The van der Waals surface area contributed by atoms with E-state index in [0.29, 0.717) is 12.3 Å². The van der Waals surface area contributed by atoms with Gasteiger partial charge < -0.3 is 15.6 Å². The molecule has 3 heteroatoms. The van der Waals surface area contributed by atoms with Crippen LogP contribution in [0.25, 0.3) is 0 Å². The fourth-order valence-corrected chi connectivity index (χ4v) is 1.99. The summed E-state index contributed by atoms with van der Waals surface area (Å²) < 4.78 is 5.56. The second-order valence-corrected chi connectivity index (χ2v) is 4.29. The zero-order valence-corrected chi connectivity index (χ0v) is 9.16. The van der Waals surface area contributed by atoms with E-state index >= 15 is 0 Å². The molecule has 0 bridgehead atoms. The highest BCUT2D eigenvalue weighted by molar-refractivity contribution is 5.49. The van der Waals surface area contributed by atoms with Gasteiger partial charge in [0, 0.05) is 12.5 Å². The molecule has 2 atom stereocenters. The summed E-state index contributed by atoms with van der Waals surface area (Å²) in [6.45, 7) is 4.59. The molecule has 0 saturated carbocycles. The molecule has 0 radical (unpaired) electrons. The third-order valence-corrected chi connectivity index (χ3v) is 2.93. The van der Waals surface area contributed by atoms with E-state index in [1.165, 1.54) is 5.56 Å². The molecule has 1 aromatic carbocycles. The molecule has 0 fully saturated rings. The van der Waals surface area contributed by atoms with E-state index in [0.717, 1.165) is 17.7 Å². The maximum Gasteiger partial charge on any atom is 0.126 e. The summed E-state index contributed by atoms with van der Waals surface area (Å²) in [6.07, 6.45) is 1.13. The lowest BCUT2D eigenvalue weighted by molar-refractivity contribution is 0.254. The van der Waals surface area contributed by atoms with Gasteiger partial charge in [-0.15, -0.1) is 0 Å². The van der Waals surface area contributed by atoms with Crippen molar-refractivity contribution in [3.8, 4) is 11.5 Å². The highest BCUT2D eigenvalue weighted by Gasteiger charge is 2.22. The van der Waals surface area contributed by atoms with E-state index in [-0.39, 0.29) is 12.0 Å². The third kappa shape index (κ3) is 1.79. The molecule has 0 aliphatic carbocycles. The second kappa shape index (κ2) is 3.74. The summed E-state index contributed by atoms with van der Waals surface area (Å²) in [5.74, 6) is 1.29. The van der Waals surface area contributed by atoms with E-state index in [1.807, 2.05) is 19.9 Å². The molecule has 15 heavy (non-hydrogen) atoms. The molecule has 0 amide bonds. The Hall–Kier alpha value is -1.22. The number of aromatic hydroxyl groups is 1. The monoisotopic (exact) mass is 207 g/mol. The molecule has 3 N–H and O–H groups in total. The molecule has 0 saturated heterocycles. The molecule has 0 aromatic heterocycles. The highest BCUT2D eigenvalue weighted by atomic mass is 16.5. The molecule has 1 heterocycles. The fraction of sp³-hybridized carbons (Fsp3) is 0.500. The number of fused-ring (bicyclic) bond motifs is 1. The smallest absolute Gasteiger partial charge is 0.126 e. The summed E-state index contributed by atoms with van der Waals surface area (Å²) in [7, 11) is 0. The van der Waals surface area contributed by atoms with Crippen molar-refractivity contribution in [2.24, 2.45) is 5.73 Å². The Morgan fingerprint density at radius 1 is 1.60 bits per heavy atom. The van der Waals surface area contributed by atoms with Crippen LogP contribution in [-0.4, -0.2) is 17.8 Å². The number of nitrogens with two attached hydrogens (primary N) is 1. The lowest BCUT2D eigenvalue weighted by atomic mass is 9.96. The van der Waals surface area contributed by atoms with Crippen molar-refractivity contribution in [2.75, 3.05) is 6.54 Å². The molecular weight excluding hydrogens is 190 g/mol. The van der Waals surface area contributed by atoms with E-state index in [2.05, 4.69) is 0 Å². The molecular formula is C12H17NO2. The standard InChI is InChI=1S/C12H17NO2/c1-7(6-13)10-4-9-3-8(2)15-12(9)5-11(10)14/h4-5,7-8,14H,3,6,13H2,1-2H3. The van der Waals surface area contributed by atoms with Gasteiger partial charge in [-0.2, -0.15) is 0 Å². The molecule has 3 nitrogen and oxygen atoms in total. The van der Waals surface area contributed by atoms with Crippen LogP contribution in [0.3, 0.4) is 0 Å². The number of hydrogen-bond donors (Lipinski definition) is 2. The average Bonchev–Trinajstić information content (AvgIpc) is 2.55. The summed E-state index contributed by atoms with van der Waals surface area (Å²) in [4.78, 5) is 0. The van der Waals surface area contributed by atoms with Crippen molar-refractivity contribution in [1.82, 2.24) is 0 Å². The number of hydrogen-bond acceptors (Lipinski definition) is 3. The van der Waals surface area contributed by atoms with Gasteiger partial charge in [0.1, 0.15) is 17.6 Å². The van der Waals surface area contributed by atoms with Crippen LogP contribution in [0.5, 0.6) is 11.5 Å². The normalized spacial score (nSPS) is 20.9. The molecule has 1 aliphatic heterocycles. The Morgan fingerprint density at radius 3 is 3.00 bits per heavy atom. The van der Waals surface area contributed by atoms with Gasteiger partial charge in [-0.05, 0) is 36.6 Å². The predicted octanol–water partition coefficient (Wildman–Crippen LogP) is 1.78. The molecule has 82 valence electrons. The van der Waals surface area contributed by atoms with E-state index in [9.17, 15) is 5.11 Å². The maximum atomic E-state index is 9.83. The van der Waals surface area contributed by atoms with Crippen molar-refractivity contribution in [3.05, 3.63) is 23.3 Å². The van der Waals surface area contributed by atoms with E-state index in [1.54, 1.807) is 6.07 Å². The first-order valence-electron chi connectivity index (χ1n) is 5.34. The molecule has 2 unspecified atom stereocenters. The van der Waals surface area contributed by atoms with Gasteiger partial charge >= 0.3 is 0 Å². The minimum atomic E-state index is 0.186. The SMILES string of the molecule is CC1Cc2cc(C(C)CN)c(O)cc2O1. The van der Waals surface area contributed by atoms with Gasteiger partial charge in [0.05, 0.1) is 0 Å². The van der Waals surface area contributed by atoms with Gasteiger partial charge in [-0.1, -0.05) is 6.92 Å². The Kier molecular flexibility index (Phi) is 2.57. The Labute approximate surface area is 89.9 Å². The summed E-state index contributed by atoms with van der Waals surface area (Å²) in [5.41, 5.74) is 7.70. The molecule has 1 aromatic rings. The van der Waals surface area contributed by atoms with Crippen LogP contribution >= 0.6 is 0 Å². The Morgan fingerprint density at radius 2 is 2.33 bits per heavy atom.